The molecule has 1 heterocycles. The van der Waals surface area contributed by atoms with Crippen LogP contribution in [0.4, 0.5) is 0 Å². The van der Waals surface area contributed by atoms with E-state index >= 15 is 0 Å². The minimum atomic E-state index is 0.309. The Labute approximate surface area is 69.1 Å². The summed E-state index contributed by atoms with van der Waals surface area (Å²) < 4.78 is 5.30. The Morgan fingerprint density at radius 3 is 2.36 bits per heavy atom. The van der Waals surface area contributed by atoms with Crippen molar-refractivity contribution in [2.75, 3.05) is 19.8 Å². The molecule has 0 spiro atoms. The SMILES string of the molecule is CC(C)(CN)C1CCOCC1. The monoisotopic (exact) mass is 157 g/mol. The van der Waals surface area contributed by atoms with Gasteiger partial charge in [-0.05, 0) is 30.7 Å². The molecular weight excluding hydrogens is 138 g/mol. The van der Waals surface area contributed by atoms with Crippen LogP contribution in [0.15, 0.2) is 0 Å². The van der Waals surface area contributed by atoms with Gasteiger partial charge >= 0.3 is 0 Å². The van der Waals surface area contributed by atoms with Crippen molar-refractivity contribution in [3.63, 3.8) is 0 Å². The van der Waals surface area contributed by atoms with Crippen LogP contribution in [0, 0.1) is 11.3 Å². The zero-order chi connectivity index (χ0) is 8.32. The molecule has 0 aromatic carbocycles. The molecule has 1 aliphatic heterocycles. The number of hydrogen-bond acceptors (Lipinski definition) is 2. The van der Waals surface area contributed by atoms with Crippen LogP contribution < -0.4 is 5.73 Å². The topological polar surface area (TPSA) is 35.2 Å². The average Bonchev–Trinajstić information content (AvgIpc) is 2.06. The van der Waals surface area contributed by atoms with Crippen LogP contribution in [0.1, 0.15) is 26.7 Å². The highest BCUT2D eigenvalue weighted by Gasteiger charge is 2.29. The lowest BCUT2D eigenvalue weighted by molar-refractivity contribution is 0.0256. The lowest BCUT2D eigenvalue weighted by Gasteiger charge is -2.35. The lowest BCUT2D eigenvalue weighted by atomic mass is 9.75. The molecule has 2 nitrogen and oxygen atoms in total. The minimum Gasteiger partial charge on any atom is -0.381 e. The van der Waals surface area contributed by atoms with E-state index in [9.17, 15) is 0 Å². The number of rotatable bonds is 2. The molecular formula is C9H19NO. The van der Waals surface area contributed by atoms with Gasteiger partial charge in [-0.2, -0.15) is 0 Å². The first-order valence-electron chi connectivity index (χ1n) is 4.44. The second kappa shape index (κ2) is 3.55. The van der Waals surface area contributed by atoms with E-state index in [4.69, 9.17) is 10.5 Å². The molecule has 1 rings (SSSR count). The largest absolute Gasteiger partial charge is 0.381 e. The standard InChI is InChI=1S/C9H19NO/c1-9(2,7-10)8-3-5-11-6-4-8/h8H,3-7,10H2,1-2H3. The Bertz CT molecular complexity index is 117. The molecule has 2 heteroatoms. The summed E-state index contributed by atoms with van der Waals surface area (Å²) in [6.45, 7) is 7.14. The van der Waals surface area contributed by atoms with E-state index in [0.717, 1.165) is 25.7 Å². The Balaban J connectivity index is 2.43. The number of nitrogens with two attached hydrogens (primary N) is 1. The van der Waals surface area contributed by atoms with Crippen molar-refractivity contribution in [2.24, 2.45) is 17.1 Å². The summed E-state index contributed by atoms with van der Waals surface area (Å²) in [4.78, 5) is 0. The van der Waals surface area contributed by atoms with Gasteiger partial charge < -0.3 is 10.5 Å². The van der Waals surface area contributed by atoms with Gasteiger partial charge in [-0.1, -0.05) is 13.8 Å². The normalized spacial score (nSPS) is 22.1. The van der Waals surface area contributed by atoms with E-state index in [1.54, 1.807) is 0 Å². The van der Waals surface area contributed by atoms with Gasteiger partial charge in [0.1, 0.15) is 0 Å². The van der Waals surface area contributed by atoms with Crippen molar-refractivity contribution in [3.05, 3.63) is 0 Å². The predicted molar refractivity (Wildman–Crippen MR) is 46.4 cm³/mol. The maximum Gasteiger partial charge on any atom is 0.0468 e. The molecule has 0 aromatic rings. The second-order valence-corrected chi connectivity index (χ2v) is 4.08. The minimum absolute atomic E-state index is 0.309. The highest BCUT2D eigenvalue weighted by molar-refractivity contribution is 4.80. The van der Waals surface area contributed by atoms with Crippen LogP contribution in [0.2, 0.25) is 0 Å². The fourth-order valence-electron chi connectivity index (χ4n) is 1.65. The van der Waals surface area contributed by atoms with Crippen LogP contribution in [0.25, 0.3) is 0 Å². The summed E-state index contributed by atoms with van der Waals surface area (Å²) >= 11 is 0. The quantitative estimate of drug-likeness (QED) is 0.657. The van der Waals surface area contributed by atoms with Crippen LogP contribution in [0.3, 0.4) is 0 Å². The van der Waals surface area contributed by atoms with E-state index in [1.807, 2.05) is 0 Å². The molecule has 1 saturated heterocycles. The molecule has 0 amide bonds. The first kappa shape index (κ1) is 9.01. The Hall–Kier alpha value is -0.0800. The summed E-state index contributed by atoms with van der Waals surface area (Å²) in [6, 6.07) is 0. The zero-order valence-electron chi connectivity index (χ0n) is 7.60. The van der Waals surface area contributed by atoms with Gasteiger partial charge in [0.15, 0.2) is 0 Å². The highest BCUT2D eigenvalue weighted by atomic mass is 16.5. The molecule has 1 fully saturated rings. The summed E-state index contributed by atoms with van der Waals surface area (Å²) in [5, 5.41) is 0. The lowest BCUT2D eigenvalue weighted by Crippen LogP contribution is -2.35. The van der Waals surface area contributed by atoms with Gasteiger partial charge in [-0.25, -0.2) is 0 Å². The van der Waals surface area contributed by atoms with Gasteiger partial charge in [0.05, 0.1) is 0 Å². The number of ether oxygens (including phenoxy) is 1. The molecule has 0 saturated carbocycles. The van der Waals surface area contributed by atoms with Gasteiger partial charge in [0, 0.05) is 13.2 Å². The molecule has 2 N–H and O–H groups in total. The Morgan fingerprint density at radius 2 is 1.91 bits per heavy atom. The molecule has 1 aliphatic rings. The van der Waals surface area contributed by atoms with Crippen molar-refractivity contribution in [1.29, 1.82) is 0 Å². The molecule has 11 heavy (non-hydrogen) atoms. The summed E-state index contributed by atoms with van der Waals surface area (Å²) in [6.07, 6.45) is 2.37. The van der Waals surface area contributed by atoms with Crippen LogP contribution >= 0.6 is 0 Å². The third-order valence-corrected chi connectivity index (χ3v) is 2.85. The fraction of sp³-hybridized carbons (Fsp3) is 1.00. The zero-order valence-corrected chi connectivity index (χ0v) is 7.60. The maximum atomic E-state index is 5.70. The van der Waals surface area contributed by atoms with E-state index in [0.29, 0.717) is 5.41 Å². The van der Waals surface area contributed by atoms with E-state index in [1.165, 1.54) is 12.8 Å². The van der Waals surface area contributed by atoms with Crippen LogP contribution in [-0.2, 0) is 4.74 Å². The Morgan fingerprint density at radius 1 is 1.36 bits per heavy atom. The van der Waals surface area contributed by atoms with Gasteiger partial charge in [0.2, 0.25) is 0 Å². The molecule has 0 atom stereocenters. The van der Waals surface area contributed by atoms with Crippen molar-refractivity contribution in [3.8, 4) is 0 Å². The van der Waals surface area contributed by atoms with E-state index in [2.05, 4.69) is 13.8 Å². The summed E-state index contributed by atoms with van der Waals surface area (Å²) in [7, 11) is 0. The van der Waals surface area contributed by atoms with Crippen LogP contribution in [-0.4, -0.2) is 19.8 Å². The molecule has 0 bridgehead atoms. The van der Waals surface area contributed by atoms with Gasteiger partial charge in [-0.15, -0.1) is 0 Å². The average molecular weight is 157 g/mol. The van der Waals surface area contributed by atoms with E-state index < -0.39 is 0 Å². The maximum absolute atomic E-state index is 5.70. The third kappa shape index (κ3) is 2.17. The summed E-state index contributed by atoms with van der Waals surface area (Å²) in [5.74, 6) is 0.765. The number of hydrogen-bond donors (Lipinski definition) is 1. The summed E-state index contributed by atoms with van der Waals surface area (Å²) in [5.41, 5.74) is 6.01. The van der Waals surface area contributed by atoms with Gasteiger partial charge in [-0.3, -0.25) is 0 Å². The molecule has 0 aliphatic carbocycles. The predicted octanol–water partition coefficient (Wildman–Crippen LogP) is 1.40. The molecule has 0 radical (unpaired) electrons. The van der Waals surface area contributed by atoms with Crippen molar-refractivity contribution in [2.45, 2.75) is 26.7 Å². The molecule has 66 valence electrons. The molecule has 0 unspecified atom stereocenters. The fourth-order valence-corrected chi connectivity index (χ4v) is 1.65. The van der Waals surface area contributed by atoms with E-state index in [-0.39, 0.29) is 0 Å². The van der Waals surface area contributed by atoms with Crippen molar-refractivity contribution < 1.29 is 4.74 Å². The third-order valence-electron chi connectivity index (χ3n) is 2.85. The first-order valence-corrected chi connectivity index (χ1v) is 4.44. The van der Waals surface area contributed by atoms with Crippen molar-refractivity contribution in [1.82, 2.24) is 0 Å². The highest BCUT2D eigenvalue weighted by Crippen LogP contribution is 2.32. The smallest absolute Gasteiger partial charge is 0.0468 e. The first-order chi connectivity index (χ1) is 5.17. The van der Waals surface area contributed by atoms with Gasteiger partial charge in [0.25, 0.3) is 0 Å². The van der Waals surface area contributed by atoms with Crippen molar-refractivity contribution >= 4 is 0 Å². The Kier molecular flexibility index (Phi) is 2.90. The second-order valence-electron chi connectivity index (χ2n) is 4.08. The van der Waals surface area contributed by atoms with Crippen LogP contribution in [0.5, 0.6) is 0 Å². The molecule has 0 aromatic heterocycles.